The molecule has 8 bridgehead atoms. The Morgan fingerprint density at radius 1 is 0.463 bits per heavy atom. The molecule has 9 rings (SSSR count). The van der Waals surface area contributed by atoms with E-state index in [9.17, 15) is 5.21 Å². The zero-order valence-electron chi connectivity index (χ0n) is 21.4. The summed E-state index contributed by atoms with van der Waals surface area (Å²) in [5, 5.41) is 13.3. The molecule has 9 nitrogen and oxygen atoms in total. The number of hydrogen-bond donors (Lipinski definition) is 3. The summed E-state index contributed by atoms with van der Waals surface area (Å²) in [5.74, 6) is 3.21. The molecule has 41 heavy (non-hydrogen) atoms. The second-order valence-corrected chi connectivity index (χ2v) is 9.99. The first-order chi connectivity index (χ1) is 20.2. The van der Waals surface area contributed by atoms with Crippen LogP contribution >= 0.6 is 0 Å². The van der Waals surface area contributed by atoms with Crippen LogP contribution in [0.5, 0.6) is 0 Å². The minimum atomic E-state index is 0.383. The van der Waals surface area contributed by atoms with Crippen LogP contribution in [0.4, 0.5) is 0 Å². The molecule has 3 N–H and O–H groups in total. The van der Waals surface area contributed by atoms with Gasteiger partial charge in [0.2, 0.25) is 5.82 Å². The van der Waals surface area contributed by atoms with Crippen molar-refractivity contribution in [3.05, 3.63) is 97.1 Å². The molecule has 0 spiro atoms. The van der Waals surface area contributed by atoms with E-state index in [4.69, 9.17) is 24.9 Å². The third-order valence-electron chi connectivity index (χ3n) is 7.66. The van der Waals surface area contributed by atoms with Crippen LogP contribution in [0.25, 0.3) is 90.4 Å². The van der Waals surface area contributed by atoms with Gasteiger partial charge in [-0.15, -0.1) is 0 Å². The first-order valence-corrected chi connectivity index (χ1v) is 13.2. The zero-order valence-corrected chi connectivity index (χ0v) is 21.4. The monoisotopic (exact) mass is 531 g/mol. The first kappa shape index (κ1) is 21.9. The Bertz CT molecular complexity index is 2300. The summed E-state index contributed by atoms with van der Waals surface area (Å²) in [6.45, 7) is 0. The van der Waals surface area contributed by atoms with Crippen LogP contribution in [-0.4, -0.2) is 40.1 Å². The molecule has 192 valence electrons. The van der Waals surface area contributed by atoms with Crippen LogP contribution in [0.3, 0.4) is 0 Å². The van der Waals surface area contributed by atoms with Gasteiger partial charge in [0.05, 0.1) is 10.9 Å². The van der Waals surface area contributed by atoms with Gasteiger partial charge in [0.25, 0.3) is 5.65 Å². The lowest BCUT2D eigenvalue weighted by Crippen LogP contribution is -2.33. The highest BCUT2D eigenvalue weighted by atomic mass is 16.5. The van der Waals surface area contributed by atoms with Crippen molar-refractivity contribution in [2.45, 2.75) is 0 Å². The number of nitrogens with one attached hydrogen (secondary N) is 2. The van der Waals surface area contributed by atoms with E-state index >= 15 is 0 Å². The Morgan fingerprint density at radius 3 is 1.66 bits per heavy atom. The molecule has 2 aromatic heterocycles. The molecule has 4 aromatic carbocycles. The van der Waals surface area contributed by atoms with Crippen molar-refractivity contribution in [2.75, 3.05) is 0 Å². The maximum atomic E-state index is 11.7. The number of aromatic nitrogens is 8. The zero-order chi connectivity index (χ0) is 27.1. The average Bonchev–Trinajstić information content (AvgIpc) is 3.76. The SMILES string of the molecule is O[n+]1c2nc([nH]c3nc(nc4nc(nc5[nH]c1c1ccccc51)-c1ccccc1-4)-c1ccccc1-3)-c1ccccc1-2. The van der Waals surface area contributed by atoms with Crippen molar-refractivity contribution in [1.82, 2.24) is 34.9 Å². The molecular formula is C32H19N8O+. The lowest BCUT2D eigenvalue weighted by molar-refractivity contribution is -0.878. The number of hydrogen-bond acceptors (Lipinski definition) is 6. The maximum absolute atomic E-state index is 11.7. The van der Waals surface area contributed by atoms with Gasteiger partial charge in [-0.2, -0.15) is 4.98 Å². The van der Waals surface area contributed by atoms with Gasteiger partial charge in [-0.1, -0.05) is 82.5 Å². The summed E-state index contributed by atoms with van der Waals surface area (Å²) in [6.07, 6.45) is 0. The first-order valence-electron chi connectivity index (χ1n) is 13.2. The van der Waals surface area contributed by atoms with Gasteiger partial charge < -0.3 is 10.2 Å². The maximum Gasteiger partial charge on any atom is 0.310 e. The molecule has 6 aromatic rings. The van der Waals surface area contributed by atoms with E-state index in [0.717, 1.165) is 48.9 Å². The number of fused-ring (bicyclic) bond motifs is 20. The van der Waals surface area contributed by atoms with Gasteiger partial charge in [0, 0.05) is 33.2 Å². The number of rotatable bonds is 0. The average molecular weight is 532 g/mol. The van der Waals surface area contributed by atoms with Crippen molar-refractivity contribution < 1.29 is 9.94 Å². The van der Waals surface area contributed by atoms with Crippen molar-refractivity contribution in [3.63, 3.8) is 0 Å². The van der Waals surface area contributed by atoms with Gasteiger partial charge in [0.1, 0.15) is 5.82 Å². The molecule has 0 radical (unpaired) electrons. The van der Waals surface area contributed by atoms with Gasteiger partial charge >= 0.3 is 5.82 Å². The normalized spacial score (nSPS) is 12.0. The molecule has 0 saturated heterocycles. The lowest BCUT2D eigenvalue weighted by Gasteiger charge is -1.99. The molecule has 9 heteroatoms. The van der Waals surface area contributed by atoms with Crippen molar-refractivity contribution in [3.8, 4) is 68.3 Å². The quantitative estimate of drug-likeness (QED) is 0.165. The molecule has 0 unspecified atom stereocenters. The second-order valence-electron chi connectivity index (χ2n) is 9.99. The second kappa shape index (κ2) is 8.03. The Kier molecular flexibility index (Phi) is 4.29. The van der Waals surface area contributed by atoms with Crippen LogP contribution in [0, 0.1) is 0 Å². The highest BCUT2D eigenvalue weighted by molar-refractivity contribution is 6.03. The smallest absolute Gasteiger partial charge is 0.310 e. The fraction of sp³-hybridized carbons (Fsp3) is 0. The topological polar surface area (TPSA) is 120 Å². The lowest BCUT2D eigenvalue weighted by atomic mass is 10.1. The summed E-state index contributed by atoms with van der Waals surface area (Å²) in [6, 6.07) is 31.4. The Balaban J connectivity index is 1.51. The molecule has 3 aliphatic rings. The van der Waals surface area contributed by atoms with E-state index in [1.807, 2.05) is 97.1 Å². The Labute approximate surface area is 232 Å². The fourth-order valence-electron chi connectivity index (χ4n) is 5.75. The predicted molar refractivity (Wildman–Crippen MR) is 154 cm³/mol. The third-order valence-corrected chi connectivity index (χ3v) is 7.66. The van der Waals surface area contributed by atoms with Crippen molar-refractivity contribution in [2.24, 2.45) is 0 Å². The van der Waals surface area contributed by atoms with E-state index in [1.165, 1.54) is 0 Å². The number of nitrogens with zero attached hydrogens (tertiary/aromatic N) is 6. The molecule has 5 heterocycles. The largest absolute Gasteiger partial charge is 0.370 e. The van der Waals surface area contributed by atoms with Crippen LogP contribution in [0.1, 0.15) is 0 Å². The molecule has 0 saturated carbocycles. The summed E-state index contributed by atoms with van der Waals surface area (Å²) < 4.78 is 1.10. The highest BCUT2D eigenvalue weighted by Crippen LogP contribution is 2.38. The standard InChI is InChI=1S/C32H18N8O/c41-40-31-23-15-7-5-13-21(23)29(38-31)36-27-19-11-3-1-9-17(19)25(34-27)33-26-18-10-2-4-12-20(18)28(35-26)37-30-22-14-6-8-16-24(22)32(40)39-30/h1-16,41H,(H,34,35,38,39)/p+1. The number of benzene rings is 4. The van der Waals surface area contributed by atoms with E-state index < -0.39 is 0 Å². The Hall–Kier alpha value is -5.96. The van der Waals surface area contributed by atoms with Crippen molar-refractivity contribution >= 4 is 22.1 Å². The predicted octanol–water partition coefficient (Wildman–Crippen LogP) is 5.90. The molecule has 0 aliphatic carbocycles. The summed E-state index contributed by atoms with van der Waals surface area (Å²) in [4.78, 5) is 31.4. The van der Waals surface area contributed by atoms with E-state index in [-0.39, 0.29) is 0 Å². The summed E-state index contributed by atoms with van der Waals surface area (Å²) >= 11 is 0. The summed E-state index contributed by atoms with van der Waals surface area (Å²) in [7, 11) is 0. The summed E-state index contributed by atoms with van der Waals surface area (Å²) in [5.41, 5.74) is 6.22. The van der Waals surface area contributed by atoms with Crippen molar-refractivity contribution in [1.29, 1.82) is 0 Å². The van der Waals surface area contributed by atoms with E-state index in [0.29, 0.717) is 46.2 Å². The molecule has 3 aliphatic heterocycles. The number of H-pyrrole nitrogens is 2. The van der Waals surface area contributed by atoms with Crippen LogP contribution < -0.4 is 4.73 Å². The van der Waals surface area contributed by atoms with Crippen LogP contribution in [0.15, 0.2) is 97.1 Å². The molecule has 0 atom stereocenters. The van der Waals surface area contributed by atoms with E-state index in [2.05, 4.69) is 9.97 Å². The van der Waals surface area contributed by atoms with Crippen LogP contribution in [0.2, 0.25) is 0 Å². The molecule has 0 fully saturated rings. The minimum absolute atomic E-state index is 0.383. The minimum Gasteiger partial charge on any atom is -0.370 e. The fourth-order valence-corrected chi connectivity index (χ4v) is 5.75. The highest BCUT2D eigenvalue weighted by Gasteiger charge is 2.29. The van der Waals surface area contributed by atoms with Gasteiger partial charge in [0.15, 0.2) is 23.1 Å². The van der Waals surface area contributed by atoms with Gasteiger partial charge in [-0.3, -0.25) is 4.98 Å². The Morgan fingerprint density at radius 2 is 0.951 bits per heavy atom. The molecular weight excluding hydrogens is 512 g/mol. The molecule has 0 amide bonds. The van der Waals surface area contributed by atoms with Gasteiger partial charge in [-0.05, 0) is 24.3 Å². The van der Waals surface area contributed by atoms with E-state index in [1.54, 1.807) is 0 Å². The third kappa shape index (κ3) is 3.11. The van der Waals surface area contributed by atoms with Crippen LogP contribution in [-0.2, 0) is 0 Å². The van der Waals surface area contributed by atoms with Gasteiger partial charge in [-0.25, -0.2) is 15.0 Å². The number of aromatic amines is 2.